The molecule has 1 rings (SSSR count). The summed E-state index contributed by atoms with van der Waals surface area (Å²) >= 11 is 1.45. The van der Waals surface area contributed by atoms with E-state index in [1.54, 1.807) is 0 Å². The first-order valence-electron chi connectivity index (χ1n) is 4.29. The van der Waals surface area contributed by atoms with Crippen LogP contribution in [-0.2, 0) is 4.79 Å². The fourth-order valence-corrected chi connectivity index (χ4v) is 1.41. The number of amides is 1. The van der Waals surface area contributed by atoms with Crippen LogP contribution >= 0.6 is 11.3 Å². The van der Waals surface area contributed by atoms with Gasteiger partial charge in [-0.3, -0.25) is 4.79 Å². The molecule has 1 aromatic heterocycles. The second-order valence-electron chi connectivity index (χ2n) is 1.81. The Balaban J connectivity index is 0.000000671. The number of ether oxygens (including phenoxy) is 1. The number of anilines is 1. The fraction of sp³-hybridized carbons (Fsp3) is 0.444. The lowest BCUT2D eigenvalue weighted by Gasteiger charge is -2.01. The quantitative estimate of drug-likeness (QED) is 0.761. The van der Waals surface area contributed by atoms with E-state index in [0.717, 1.165) is 10.8 Å². The molecule has 0 aliphatic heterocycles. The minimum Gasteiger partial charge on any atom is -0.491 e. The molecule has 74 valence electrons. The Bertz CT molecular complexity index is 235. The molecule has 0 aromatic carbocycles. The molecule has 13 heavy (non-hydrogen) atoms. The molecule has 0 atom stereocenters. The summed E-state index contributed by atoms with van der Waals surface area (Å²) in [5, 5.41) is 5.19. The van der Waals surface area contributed by atoms with Gasteiger partial charge in [0.2, 0.25) is 6.41 Å². The lowest BCUT2D eigenvalue weighted by molar-refractivity contribution is -0.105. The van der Waals surface area contributed by atoms with E-state index in [1.165, 1.54) is 11.3 Å². The summed E-state index contributed by atoms with van der Waals surface area (Å²) in [5.74, 6) is 0.740. The molecule has 0 saturated carbocycles. The molecule has 1 aromatic rings. The number of carbonyl (C=O) groups is 1. The molecule has 3 nitrogen and oxygen atoms in total. The average Bonchev–Trinajstić information content (AvgIpc) is 2.58. The van der Waals surface area contributed by atoms with Crippen molar-refractivity contribution in [3.8, 4) is 5.75 Å². The molecule has 0 unspecified atom stereocenters. The molecular weight excluding hydrogens is 186 g/mol. The second kappa shape index (κ2) is 7.61. The number of rotatable bonds is 4. The highest BCUT2D eigenvalue weighted by molar-refractivity contribution is 7.14. The molecule has 4 heteroatoms. The van der Waals surface area contributed by atoms with Crippen molar-refractivity contribution in [2.24, 2.45) is 0 Å². The Morgan fingerprint density at radius 3 is 2.85 bits per heavy atom. The van der Waals surface area contributed by atoms with Crippen LogP contribution in [0.2, 0.25) is 0 Å². The lowest BCUT2D eigenvalue weighted by atomic mass is 10.5. The number of thiophene rings is 1. The number of hydrogen-bond donors (Lipinski definition) is 1. The van der Waals surface area contributed by atoms with Crippen molar-refractivity contribution in [1.82, 2.24) is 0 Å². The summed E-state index contributed by atoms with van der Waals surface area (Å²) in [4.78, 5) is 10.1. The second-order valence-corrected chi connectivity index (χ2v) is 2.73. The third-order valence-electron chi connectivity index (χ3n) is 1.12. The topological polar surface area (TPSA) is 38.3 Å². The summed E-state index contributed by atoms with van der Waals surface area (Å²) in [5.41, 5.74) is 0. The van der Waals surface area contributed by atoms with Crippen LogP contribution in [0.15, 0.2) is 11.4 Å². The molecule has 0 saturated heterocycles. The van der Waals surface area contributed by atoms with E-state index in [2.05, 4.69) is 5.32 Å². The average molecular weight is 201 g/mol. The van der Waals surface area contributed by atoms with Gasteiger partial charge in [-0.15, -0.1) is 11.3 Å². The van der Waals surface area contributed by atoms with Crippen molar-refractivity contribution in [2.45, 2.75) is 20.8 Å². The van der Waals surface area contributed by atoms with E-state index in [0.29, 0.717) is 13.0 Å². The zero-order valence-electron chi connectivity index (χ0n) is 8.16. The van der Waals surface area contributed by atoms with E-state index >= 15 is 0 Å². The maximum Gasteiger partial charge on any atom is 0.212 e. The van der Waals surface area contributed by atoms with Gasteiger partial charge in [0.15, 0.2) is 5.75 Å². The number of carbonyl (C=O) groups excluding carboxylic acids is 1. The van der Waals surface area contributed by atoms with E-state index in [-0.39, 0.29) is 0 Å². The van der Waals surface area contributed by atoms with Gasteiger partial charge in [0.25, 0.3) is 0 Å². The molecule has 1 N–H and O–H groups in total. The number of hydrogen-bond acceptors (Lipinski definition) is 3. The molecule has 0 bridgehead atoms. The van der Waals surface area contributed by atoms with Gasteiger partial charge in [0, 0.05) is 0 Å². The van der Waals surface area contributed by atoms with E-state index in [4.69, 9.17) is 4.74 Å². The van der Waals surface area contributed by atoms with Crippen molar-refractivity contribution in [3.05, 3.63) is 11.4 Å². The Hall–Kier alpha value is -1.03. The molecular formula is C9H15NO2S. The van der Waals surface area contributed by atoms with Crippen molar-refractivity contribution >= 4 is 22.7 Å². The van der Waals surface area contributed by atoms with Crippen LogP contribution in [-0.4, -0.2) is 13.0 Å². The predicted molar refractivity (Wildman–Crippen MR) is 56.5 cm³/mol. The molecule has 0 aliphatic carbocycles. The third-order valence-corrected chi connectivity index (χ3v) is 1.95. The molecule has 1 heterocycles. The molecule has 1 amide bonds. The lowest BCUT2D eigenvalue weighted by Crippen LogP contribution is -1.96. The fourth-order valence-electron chi connectivity index (χ4n) is 0.725. The maximum absolute atomic E-state index is 10.1. The van der Waals surface area contributed by atoms with Crippen molar-refractivity contribution < 1.29 is 9.53 Å². The molecule has 0 aliphatic rings. The molecule has 0 spiro atoms. The minimum absolute atomic E-state index is 0.615. The van der Waals surface area contributed by atoms with Gasteiger partial charge in [-0.1, -0.05) is 13.8 Å². The Labute approximate surface area is 82.7 Å². The first kappa shape index (κ1) is 12.0. The maximum atomic E-state index is 10.1. The standard InChI is InChI=1S/C7H9NO2S.C2H6/c1-2-10-6-3-4-11-7(6)8-5-9;1-2/h3-5H,2H2,1H3,(H,8,9);1-2H3. The zero-order chi connectivity index (χ0) is 10.1. The van der Waals surface area contributed by atoms with Gasteiger partial charge >= 0.3 is 0 Å². The minimum atomic E-state index is 0.615. The first-order valence-corrected chi connectivity index (χ1v) is 5.17. The summed E-state index contributed by atoms with van der Waals surface area (Å²) < 4.78 is 5.22. The molecule has 0 fully saturated rings. The Kier molecular flexibility index (Phi) is 7.01. The van der Waals surface area contributed by atoms with Crippen LogP contribution in [0.1, 0.15) is 20.8 Å². The SMILES string of the molecule is CC.CCOc1ccsc1NC=O. The predicted octanol–water partition coefficient (Wildman–Crippen LogP) is 2.74. The molecule has 0 radical (unpaired) electrons. The highest BCUT2D eigenvalue weighted by atomic mass is 32.1. The van der Waals surface area contributed by atoms with Crippen molar-refractivity contribution in [1.29, 1.82) is 0 Å². The van der Waals surface area contributed by atoms with Crippen LogP contribution in [0.5, 0.6) is 5.75 Å². The summed E-state index contributed by atoms with van der Waals surface area (Å²) in [6, 6.07) is 1.83. The van der Waals surface area contributed by atoms with Crippen LogP contribution in [0.3, 0.4) is 0 Å². The zero-order valence-corrected chi connectivity index (χ0v) is 8.98. The smallest absolute Gasteiger partial charge is 0.212 e. The van der Waals surface area contributed by atoms with E-state index < -0.39 is 0 Å². The first-order chi connectivity index (χ1) is 6.38. The van der Waals surface area contributed by atoms with Gasteiger partial charge < -0.3 is 10.1 Å². The summed E-state index contributed by atoms with van der Waals surface area (Å²) in [6.07, 6.45) is 0.647. The van der Waals surface area contributed by atoms with Gasteiger partial charge in [0.1, 0.15) is 5.00 Å². The monoisotopic (exact) mass is 201 g/mol. The van der Waals surface area contributed by atoms with Crippen LogP contribution in [0, 0.1) is 0 Å². The van der Waals surface area contributed by atoms with Crippen molar-refractivity contribution in [3.63, 3.8) is 0 Å². The van der Waals surface area contributed by atoms with Gasteiger partial charge in [0.05, 0.1) is 6.61 Å². The highest BCUT2D eigenvalue weighted by Crippen LogP contribution is 2.29. The van der Waals surface area contributed by atoms with Crippen LogP contribution in [0.4, 0.5) is 5.00 Å². The van der Waals surface area contributed by atoms with Crippen molar-refractivity contribution in [2.75, 3.05) is 11.9 Å². The van der Waals surface area contributed by atoms with Crippen LogP contribution < -0.4 is 10.1 Å². The normalized spacial score (nSPS) is 8.23. The van der Waals surface area contributed by atoms with E-state index in [1.807, 2.05) is 32.2 Å². The van der Waals surface area contributed by atoms with Gasteiger partial charge in [-0.2, -0.15) is 0 Å². The van der Waals surface area contributed by atoms with Crippen LogP contribution in [0.25, 0.3) is 0 Å². The van der Waals surface area contributed by atoms with Gasteiger partial charge in [-0.05, 0) is 18.4 Å². The summed E-state index contributed by atoms with van der Waals surface area (Å²) in [7, 11) is 0. The number of nitrogens with one attached hydrogen (secondary N) is 1. The Morgan fingerprint density at radius 1 is 1.62 bits per heavy atom. The summed E-state index contributed by atoms with van der Waals surface area (Å²) in [6.45, 7) is 6.52. The largest absolute Gasteiger partial charge is 0.491 e. The third kappa shape index (κ3) is 3.94. The van der Waals surface area contributed by atoms with E-state index in [9.17, 15) is 4.79 Å². The highest BCUT2D eigenvalue weighted by Gasteiger charge is 2.01. The Morgan fingerprint density at radius 2 is 2.31 bits per heavy atom. The van der Waals surface area contributed by atoms with Gasteiger partial charge in [-0.25, -0.2) is 0 Å².